The number of ketones is 3. The maximum absolute atomic E-state index is 12.0. The monoisotopic (exact) mass is 280 g/mol. The van der Waals surface area contributed by atoms with Gasteiger partial charge in [0.25, 0.3) is 0 Å². The molecule has 82 valence electrons. The summed E-state index contributed by atoms with van der Waals surface area (Å²) < 4.78 is -1.68. The highest BCUT2D eigenvalue weighted by atomic mass is 79.9. The number of halogens is 1. The molecule has 0 atom stereocenters. The van der Waals surface area contributed by atoms with Crippen LogP contribution in [0.1, 0.15) is 34.1 Å². The summed E-state index contributed by atoms with van der Waals surface area (Å²) in [6.07, 6.45) is 0.150. The molecule has 0 saturated carbocycles. The van der Waals surface area contributed by atoms with E-state index in [1.165, 1.54) is 0 Å². The predicted octanol–water partition coefficient (Wildman–Crippen LogP) is 2.18. The second kappa shape index (κ2) is 3.63. The molecule has 0 spiro atoms. The van der Waals surface area contributed by atoms with Crippen molar-refractivity contribution in [2.24, 2.45) is 0 Å². The number of carbonyl (C=O) groups is 3. The third kappa shape index (κ3) is 1.23. The van der Waals surface area contributed by atoms with E-state index in [1.807, 2.05) is 0 Å². The van der Waals surface area contributed by atoms with Crippen molar-refractivity contribution in [3.05, 3.63) is 35.4 Å². The van der Waals surface area contributed by atoms with Crippen LogP contribution in [0, 0.1) is 0 Å². The molecule has 0 radical (unpaired) electrons. The number of carbonyl (C=O) groups excluding carboxylic acids is 3. The summed E-state index contributed by atoms with van der Waals surface area (Å²) in [7, 11) is 0. The van der Waals surface area contributed by atoms with Gasteiger partial charge in [0.15, 0.2) is 17.3 Å². The number of fused-ring (bicyclic) bond motifs is 1. The third-order valence-corrected chi connectivity index (χ3v) is 3.91. The molecule has 0 bridgehead atoms. The van der Waals surface area contributed by atoms with E-state index < -0.39 is 21.7 Å². The van der Waals surface area contributed by atoms with E-state index in [1.54, 1.807) is 31.2 Å². The van der Waals surface area contributed by atoms with Crippen molar-refractivity contribution in [1.82, 2.24) is 0 Å². The Balaban J connectivity index is 2.62. The molecule has 16 heavy (non-hydrogen) atoms. The molecule has 1 aromatic rings. The van der Waals surface area contributed by atoms with Crippen LogP contribution in [0.3, 0.4) is 0 Å². The van der Waals surface area contributed by atoms with Crippen LogP contribution in [0.5, 0.6) is 0 Å². The van der Waals surface area contributed by atoms with Crippen LogP contribution in [0.25, 0.3) is 0 Å². The van der Waals surface area contributed by atoms with Gasteiger partial charge in [-0.1, -0.05) is 47.1 Å². The molecule has 0 saturated heterocycles. The van der Waals surface area contributed by atoms with Crippen molar-refractivity contribution in [3.8, 4) is 0 Å². The highest BCUT2D eigenvalue weighted by molar-refractivity contribution is 9.11. The van der Waals surface area contributed by atoms with Crippen molar-refractivity contribution in [1.29, 1.82) is 0 Å². The molecule has 1 aromatic carbocycles. The maximum atomic E-state index is 12.0. The molecule has 0 aliphatic heterocycles. The fourth-order valence-corrected chi connectivity index (χ4v) is 2.56. The Morgan fingerprint density at radius 1 is 1.19 bits per heavy atom. The number of hydrogen-bond acceptors (Lipinski definition) is 3. The number of benzene rings is 1. The summed E-state index contributed by atoms with van der Waals surface area (Å²) in [6.45, 7) is 1.63. The van der Waals surface area contributed by atoms with Gasteiger partial charge in [-0.15, -0.1) is 0 Å². The predicted molar refractivity (Wildman–Crippen MR) is 62.1 cm³/mol. The number of alkyl halides is 1. The molecule has 0 unspecified atom stereocenters. The van der Waals surface area contributed by atoms with Crippen LogP contribution in [0.15, 0.2) is 24.3 Å². The van der Waals surface area contributed by atoms with Crippen molar-refractivity contribution in [3.63, 3.8) is 0 Å². The minimum atomic E-state index is -1.68. The van der Waals surface area contributed by atoms with E-state index >= 15 is 0 Å². The Morgan fingerprint density at radius 3 is 2.00 bits per heavy atom. The first kappa shape index (κ1) is 11.2. The van der Waals surface area contributed by atoms with Gasteiger partial charge in [-0.05, 0) is 0 Å². The van der Waals surface area contributed by atoms with Crippen molar-refractivity contribution >= 4 is 33.3 Å². The van der Waals surface area contributed by atoms with Gasteiger partial charge in [-0.3, -0.25) is 14.4 Å². The van der Waals surface area contributed by atoms with Gasteiger partial charge in [0.2, 0.25) is 4.32 Å². The second-order valence-electron chi connectivity index (χ2n) is 3.64. The lowest BCUT2D eigenvalue weighted by Crippen LogP contribution is -2.42. The molecular formula is C12H9BrO3. The lowest BCUT2D eigenvalue weighted by atomic mass is 9.96. The summed E-state index contributed by atoms with van der Waals surface area (Å²) in [4.78, 5) is 35.8. The lowest BCUT2D eigenvalue weighted by Gasteiger charge is -2.14. The van der Waals surface area contributed by atoms with Crippen molar-refractivity contribution in [2.75, 3.05) is 0 Å². The van der Waals surface area contributed by atoms with E-state index in [-0.39, 0.29) is 6.42 Å². The zero-order valence-electron chi connectivity index (χ0n) is 8.62. The zero-order chi connectivity index (χ0) is 11.9. The fourth-order valence-electron chi connectivity index (χ4n) is 1.85. The maximum Gasteiger partial charge on any atom is 0.209 e. The van der Waals surface area contributed by atoms with Crippen LogP contribution in [0.4, 0.5) is 0 Å². The molecule has 4 heteroatoms. The Kier molecular flexibility index (Phi) is 2.54. The molecule has 0 amide bonds. The van der Waals surface area contributed by atoms with Crippen LogP contribution in [0.2, 0.25) is 0 Å². The summed E-state index contributed by atoms with van der Waals surface area (Å²) >= 11 is 3.03. The molecule has 0 aromatic heterocycles. The molecule has 1 aliphatic rings. The summed E-state index contributed by atoms with van der Waals surface area (Å²) in [5, 5.41) is 0. The van der Waals surface area contributed by atoms with Gasteiger partial charge in [-0.2, -0.15) is 0 Å². The molecule has 1 aliphatic carbocycles. The van der Waals surface area contributed by atoms with Crippen LogP contribution >= 0.6 is 15.9 Å². The summed E-state index contributed by atoms with van der Waals surface area (Å²) in [5.41, 5.74) is 0.650. The molecule has 3 nitrogen and oxygen atoms in total. The minimum Gasteiger partial charge on any atom is -0.297 e. The first-order chi connectivity index (χ1) is 7.53. The van der Waals surface area contributed by atoms with Gasteiger partial charge < -0.3 is 0 Å². The van der Waals surface area contributed by atoms with Gasteiger partial charge in [0, 0.05) is 17.5 Å². The fraction of sp³-hybridized carbons (Fsp3) is 0.250. The zero-order valence-corrected chi connectivity index (χ0v) is 10.2. The highest BCUT2D eigenvalue weighted by Crippen LogP contribution is 2.37. The topological polar surface area (TPSA) is 51.2 Å². The molecule has 2 rings (SSSR count). The smallest absolute Gasteiger partial charge is 0.209 e. The van der Waals surface area contributed by atoms with Gasteiger partial charge in [-0.25, -0.2) is 0 Å². The molecule has 0 fully saturated rings. The quantitative estimate of drug-likeness (QED) is 0.616. The van der Waals surface area contributed by atoms with E-state index in [0.29, 0.717) is 11.1 Å². The van der Waals surface area contributed by atoms with E-state index in [9.17, 15) is 14.4 Å². The van der Waals surface area contributed by atoms with Crippen molar-refractivity contribution in [2.45, 2.75) is 17.7 Å². The average molecular weight is 281 g/mol. The first-order valence-corrected chi connectivity index (χ1v) is 5.73. The summed E-state index contributed by atoms with van der Waals surface area (Å²) in [6, 6.07) is 6.50. The van der Waals surface area contributed by atoms with E-state index in [4.69, 9.17) is 0 Å². The third-order valence-electron chi connectivity index (χ3n) is 2.75. The van der Waals surface area contributed by atoms with E-state index in [0.717, 1.165) is 0 Å². The number of rotatable bonds is 2. The Bertz CT molecular complexity index is 470. The molecule has 0 N–H and O–H groups in total. The van der Waals surface area contributed by atoms with E-state index in [2.05, 4.69) is 15.9 Å². The first-order valence-electron chi connectivity index (χ1n) is 4.94. The normalized spacial score (nSPS) is 17.4. The number of hydrogen-bond donors (Lipinski definition) is 0. The Labute approximate surface area is 101 Å². The SMILES string of the molecule is CCC(=O)C1(Br)C(=O)c2ccccc2C1=O. The molecule has 0 heterocycles. The highest BCUT2D eigenvalue weighted by Gasteiger charge is 2.55. The summed E-state index contributed by atoms with van der Waals surface area (Å²) in [5.74, 6) is -1.28. The Morgan fingerprint density at radius 2 is 1.62 bits per heavy atom. The van der Waals surface area contributed by atoms with Crippen molar-refractivity contribution < 1.29 is 14.4 Å². The average Bonchev–Trinajstić information content (AvgIpc) is 2.52. The van der Waals surface area contributed by atoms with Crippen LogP contribution in [-0.2, 0) is 4.79 Å². The largest absolute Gasteiger partial charge is 0.297 e. The van der Waals surface area contributed by atoms with Gasteiger partial charge >= 0.3 is 0 Å². The van der Waals surface area contributed by atoms with Gasteiger partial charge in [0.1, 0.15) is 0 Å². The lowest BCUT2D eigenvalue weighted by molar-refractivity contribution is -0.118. The van der Waals surface area contributed by atoms with Gasteiger partial charge in [0.05, 0.1) is 0 Å². The standard InChI is InChI=1S/C12H9BrO3/c1-2-9(14)12(13)10(15)7-5-3-4-6-8(7)11(12)16/h3-6H,2H2,1H3. The van der Waals surface area contributed by atoms with Crippen LogP contribution in [-0.4, -0.2) is 21.7 Å². The second-order valence-corrected chi connectivity index (χ2v) is 4.83. The van der Waals surface area contributed by atoms with Crippen LogP contribution < -0.4 is 0 Å². The minimum absolute atomic E-state index is 0.150. The molecular weight excluding hydrogens is 272 g/mol. The Hall–Kier alpha value is -1.29. The number of Topliss-reactive ketones (excluding diaryl/α,β-unsaturated/α-hetero) is 3.